The summed E-state index contributed by atoms with van der Waals surface area (Å²) in [5.41, 5.74) is 15.9. The second-order valence-electron chi connectivity index (χ2n) is 8.00. The number of aliphatic carboxylic acids is 2. The van der Waals surface area contributed by atoms with Crippen LogP contribution >= 0.6 is 0 Å². The highest BCUT2D eigenvalue weighted by Crippen LogP contribution is 2.07. The number of carboxylic acids is 2. The molecule has 0 heterocycles. The number of aliphatic hydroxyl groups excluding tert-OH is 1. The van der Waals surface area contributed by atoms with E-state index in [4.69, 9.17) is 22.3 Å². The van der Waals surface area contributed by atoms with Crippen LogP contribution in [0.15, 0.2) is 4.99 Å². The Kier molecular flexibility index (Phi) is 13.2. The van der Waals surface area contributed by atoms with Gasteiger partial charge in [-0.1, -0.05) is 13.8 Å². The van der Waals surface area contributed by atoms with E-state index < -0.39 is 72.3 Å². The van der Waals surface area contributed by atoms with E-state index in [0.29, 0.717) is 0 Å². The van der Waals surface area contributed by atoms with Gasteiger partial charge in [-0.3, -0.25) is 24.2 Å². The summed E-state index contributed by atoms with van der Waals surface area (Å²) in [6.07, 6.45) is -1.82. The number of amides is 3. The van der Waals surface area contributed by atoms with Crippen LogP contribution in [0.1, 0.15) is 40.0 Å². The molecule has 0 saturated heterocycles. The van der Waals surface area contributed by atoms with Crippen LogP contribution < -0.4 is 33.2 Å². The smallest absolute Gasteiger partial charge is 0.326 e. The zero-order valence-corrected chi connectivity index (χ0v) is 19.4. The predicted molar refractivity (Wildman–Crippen MR) is 120 cm³/mol. The van der Waals surface area contributed by atoms with Gasteiger partial charge < -0.3 is 48.5 Å². The minimum Gasteiger partial charge on any atom is -0.481 e. The number of carboxylic acid groups (broad SMARTS) is 2. The maximum atomic E-state index is 12.7. The van der Waals surface area contributed by atoms with Gasteiger partial charge in [-0.05, 0) is 25.7 Å². The third-order valence-electron chi connectivity index (χ3n) is 4.64. The largest absolute Gasteiger partial charge is 0.481 e. The summed E-state index contributed by atoms with van der Waals surface area (Å²) in [6.45, 7) is 4.55. The molecule has 0 spiro atoms. The molecule has 0 aliphatic carbocycles. The van der Waals surface area contributed by atoms with Crippen molar-refractivity contribution in [3.8, 4) is 0 Å². The normalized spacial score (nSPS) is 15.2. The van der Waals surface area contributed by atoms with E-state index in [1.54, 1.807) is 13.8 Å². The van der Waals surface area contributed by atoms with E-state index in [-0.39, 0.29) is 25.3 Å². The molecule has 0 saturated carbocycles. The molecule has 3 amide bonds. The molecule has 0 fully saturated rings. The summed E-state index contributed by atoms with van der Waals surface area (Å²) in [5, 5.41) is 34.7. The summed E-state index contributed by atoms with van der Waals surface area (Å²) >= 11 is 0. The Bertz CT molecular complexity index is 768. The highest BCUT2D eigenvalue weighted by atomic mass is 16.4. The Hall–Kier alpha value is -3.46. The number of hydrogen-bond acceptors (Lipinski definition) is 8. The topological polar surface area (TPSA) is 273 Å². The molecule has 15 heteroatoms. The number of nitrogens with zero attached hydrogens (tertiary/aromatic N) is 1. The van der Waals surface area contributed by atoms with Gasteiger partial charge in [-0.2, -0.15) is 0 Å². The van der Waals surface area contributed by atoms with Gasteiger partial charge >= 0.3 is 11.9 Å². The van der Waals surface area contributed by atoms with Crippen molar-refractivity contribution in [1.82, 2.24) is 16.0 Å². The molecule has 34 heavy (non-hydrogen) atoms. The molecule has 0 bridgehead atoms. The van der Waals surface area contributed by atoms with Crippen LogP contribution in [0.5, 0.6) is 0 Å². The number of carbonyl (C=O) groups excluding carboxylic acids is 3. The quantitative estimate of drug-likeness (QED) is 0.0616. The van der Waals surface area contributed by atoms with Crippen molar-refractivity contribution in [2.24, 2.45) is 28.1 Å². The average molecular weight is 490 g/mol. The van der Waals surface area contributed by atoms with E-state index in [0.717, 1.165) is 0 Å². The van der Waals surface area contributed by atoms with E-state index in [9.17, 15) is 34.2 Å². The van der Waals surface area contributed by atoms with Crippen LogP contribution in [0.4, 0.5) is 0 Å². The average Bonchev–Trinajstić information content (AvgIpc) is 2.71. The van der Waals surface area contributed by atoms with Crippen LogP contribution in [-0.2, 0) is 24.0 Å². The zero-order valence-electron chi connectivity index (χ0n) is 19.4. The van der Waals surface area contributed by atoms with Crippen molar-refractivity contribution in [3.05, 3.63) is 0 Å². The fraction of sp³-hybridized carbons (Fsp3) is 0.684. The van der Waals surface area contributed by atoms with Crippen molar-refractivity contribution in [3.63, 3.8) is 0 Å². The molecule has 0 aromatic carbocycles. The molecule has 15 nitrogen and oxygen atoms in total. The molecular formula is C19H35N7O8. The first kappa shape index (κ1) is 30.5. The molecule has 194 valence electrons. The number of aliphatic hydroxyl groups is 1. The van der Waals surface area contributed by atoms with Gasteiger partial charge in [0.05, 0.1) is 12.5 Å². The molecule has 0 aliphatic heterocycles. The lowest BCUT2D eigenvalue weighted by atomic mass is 10.0. The number of carbonyl (C=O) groups is 5. The van der Waals surface area contributed by atoms with Crippen LogP contribution in [0.25, 0.3) is 0 Å². The van der Waals surface area contributed by atoms with Crippen LogP contribution in [0, 0.1) is 5.92 Å². The van der Waals surface area contributed by atoms with Gasteiger partial charge in [0, 0.05) is 6.54 Å². The van der Waals surface area contributed by atoms with E-state index >= 15 is 0 Å². The summed E-state index contributed by atoms with van der Waals surface area (Å²) in [7, 11) is 0. The molecule has 12 N–H and O–H groups in total. The summed E-state index contributed by atoms with van der Waals surface area (Å²) in [5.74, 6) is -6.19. The van der Waals surface area contributed by atoms with E-state index in [1.807, 2.05) is 0 Å². The van der Waals surface area contributed by atoms with Crippen molar-refractivity contribution in [1.29, 1.82) is 0 Å². The Morgan fingerprint density at radius 2 is 1.44 bits per heavy atom. The lowest BCUT2D eigenvalue weighted by Gasteiger charge is -2.27. The number of aliphatic imine (C=N–C) groups is 1. The Labute approximate surface area is 196 Å². The van der Waals surface area contributed by atoms with Crippen molar-refractivity contribution >= 4 is 35.6 Å². The van der Waals surface area contributed by atoms with Gasteiger partial charge in [-0.25, -0.2) is 4.79 Å². The lowest BCUT2D eigenvalue weighted by molar-refractivity contribution is -0.143. The molecule has 0 aliphatic rings. The highest BCUT2D eigenvalue weighted by molar-refractivity contribution is 5.95. The molecule has 0 rings (SSSR count). The van der Waals surface area contributed by atoms with Crippen molar-refractivity contribution < 1.29 is 39.3 Å². The highest BCUT2D eigenvalue weighted by Gasteiger charge is 2.33. The number of guanidine groups is 1. The lowest BCUT2D eigenvalue weighted by Crippen LogP contribution is -2.59. The first-order chi connectivity index (χ1) is 15.7. The number of rotatable bonds is 15. The summed E-state index contributed by atoms with van der Waals surface area (Å²) in [6, 6.07) is -5.55. The van der Waals surface area contributed by atoms with Crippen LogP contribution in [0.3, 0.4) is 0 Å². The molecule has 5 unspecified atom stereocenters. The first-order valence-corrected chi connectivity index (χ1v) is 10.5. The van der Waals surface area contributed by atoms with E-state index in [1.165, 1.54) is 6.92 Å². The second-order valence-corrected chi connectivity index (χ2v) is 8.00. The number of nitrogens with two attached hydrogens (primary N) is 3. The summed E-state index contributed by atoms with van der Waals surface area (Å²) < 4.78 is 0. The van der Waals surface area contributed by atoms with Crippen LogP contribution in [-0.4, -0.2) is 87.8 Å². The fourth-order valence-electron chi connectivity index (χ4n) is 2.68. The fourth-order valence-corrected chi connectivity index (χ4v) is 2.68. The Morgan fingerprint density at radius 1 is 0.882 bits per heavy atom. The minimum atomic E-state index is -1.60. The molecule has 5 atom stereocenters. The maximum Gasteiger partial charge on any atom is 0.326 e. The van der Waals surface area contributed by atoms with E-state index in [2.05, 4.69) is 20.9 Å². The van der Waals surface area contributed by atoms with Crippen molar-refractivity contribution in [2.45, 2.75) is 70.3 Å². The monoisotopic (exact) mass is 489 g/mol. The maximum absolute atomic E-state index is 12.7. The first-order valence-electron chi connectivity index (χ1n) is 10.5. The number of hydrogen-bond donors (Lipinski definition) is 9. The second kappa shape index (κ2) is 14.6. The number of nitrogens with one attached hydrogen (secondary N) is 3. The Balaban J connectivity index is 5.39. The predicted octanol–water partition coefficient (Wildman–Crippen LogP) is -3.58. The third-order valence-corrected chi connectivity index (χ3v) is 4.64. The summed E-state index contributed by atoms with van der Waals surface area (Å²) in [4.78, 5) is 63.9. The molecule has 0 aromatic heterocycles. The van der Waals surface area contributed by atoms with Gasteiger partial charge in [0.25, 0.3) is 0 Å². The minimum absolute atomic E-state index is 0.00550. The van der Waals surface area contributed by atoms with Gasteiger partial charge in [0.1, 0.15) is 24.2 Å². The van der Waals surface area contributed by atoms with Gasteiger partial charge in [-0.15, -0.1) is 0 Å². The molecule has 0 aromatic rings. The third kappa shape index (κ3) is 11.4. The Morgan fingerprint density at radius 3 is 1.88 bits per heavy atom. The molecule has 0 radical (unpaired) electrons. The van der Waals surface area contributed by atoms with Crippen molar-refractivity contribution in [2.75, 3.05) is 6.54 Å². The van der Waals surface area contributed by atoms with Gasteiger partial charge in [0.15, 0.2) is 5.96 Å². The zero-order chi connectivity index (χ0) is 26.6. The SMILES string of the molecule is CC(C)C(NC(=O)C(CC(=O)O)NC(=O)C(N)C(C)O)C(=O)NC(CCCN=C(N)N)C(=O)O. The molecular weight excluding hydrogens is 454 g/mol. The standard InChI is InChI=1S/C19H35N7O8/c1-8(2)14(17(32)24-10(18(33)34)5-4-6-23-19(21)22)26-15(30)11(7-12(28)29)25-16(31)13(20)9(3)27/h8-11,13-14,27H,4-7,20H2,1-3H3,(H,24,32)(H,25,31)(H,26,30)(H,28,29)(H,33,34)(H4,21,22,23). The van der Waals surface area contributed by atoms with Gasteiger partial charge in [0.2, 0.25) is 17.7 Å². The van der Waals surface area contributed by atoms with Crippen LogP contribution in [0.2, 0.25) is 0 Å².